The number of hydrogen-bond donors (Lipinski definition) is 0. The van der Waals surface area contributed by atoms with E-state index in [0.29, 0.717) is 10.9 Å². The summed E-state index contributed by atoms with van der Waals surface area (Å²) in [7, 11) is 0. The van der Waals surface area contributed by atoms with Gasteiger partial charge < -0.3 is 0 Å². The molecule has 2 heterocycles. The third-order valence-electron chi connectivity index (χ3n) is 4.37. The molecule has 1 saturated heterocycles. The maximum Gasteiger partial charge on any atom is 0.0764 e. The predicted octanol–water partition coefficient (Wildman–Crippen LogP) is 3.85. The van der Waals surface area contributed by atoms with Crippen molar-refractivity contribution >= 4 is 15.9 Å². The molecule has 0 aromatic carbocycles. The van der Waals surface area contributed by atoms with Crippen molar-refractivity contribution in [2.45, 2.75) is 57.4 Å². The summed E-state index contributed by atoms with van der Waals surface area (Å²) in [4.78, 5) is 3.19. The molecule has 2 atom stereocenters. The van der Waals surface area contributed by atoms with Crippen molar-refractivity contribution in [1.29, 1.82) is 0 Å². The average molecular weight is 328 g/mol. The van der Waals surface area contributed by atoms with Gasteiger partial charge in [0.1, 0.15) is 0 Å². The molecule has 1 aliphatic heterocycles. The minimum absolute atomic E-state index is 0.508. The average Bonchev–Trinajstić information content (AvgIpc) is 2.87. The summed E-state index contributed by atoms with van der Waals surface area (Å²) >= 11 is 3.72. The summed E-state index contributed by atoms with van der Waals surface area (Å²) in [6, 6.07) is 2.68. The quantitative estimate of drug-likeness (QED) is 0.766. The second-order valence-electron chi connectivity index (χ2n) is 5.84. The van der Waals surface area contributed by atoms with Crippen LogP contribution in [-0.4, -0.2) is 32.6 Å². The Kier molecular flexibility index (Phi) is 5.46. The third kappa shape index (κ3) is 4.06. The molecule has 1 aromatic heterocycles. The lowest BCUT2D eigenvalue weighted by Crippen LogP contribution is -2.35. The van der Waals surface area contributed by atoms with E-state index in [9.17, 15) is 0 Å². The molecule has 1 aromatic rings. The summed E-state index contributed by atoms with van der Waals surface area (Å²) < 4.78 is 2.10. The zero-order valence-corrected chi connectivity index (χ0v) is 13.9. The van der Waals surface area contributed by atoms with Crippen LogP contribution in [-0.2, 0) is 6.54 Å². The first-order valence-electron chi connectivity index (χ1n) is 7.50. The number of piperidine rings is 1. The van der Waals surface area contributed by atoms with Crippen LogP contribution in [0.5, 0.6) is 0 Å². The van der Waals surface area contributed by atoms with Crippen LogP contribution in [0.1, 0.15) is 51.8 Å². The van der Waals surface area contributed by atoms with Crippen LogP contribution in [0.4, 0.5) is 0 Å². The highest BCUT2D eigenvalue weighted by molar-refractivity contribution is 9.09. The summed E-state index contributed by atoms with van der Waals surface area (Å²) in [5, 5.41) is 4.69. The zero-order chi connectivity index (χ0) is 13.8. The molecule has 0 radical (unpaired) electrons. The molecule has 0 aliphatic carbocycles. The predicted molar refractivity (Wildman–Crippen MR) is 83.6 cm³/mol. The summed E-state index contributed by atoms with van der Waals surface area (Å²) in [5.74, 6) is 0.842. The van der Waals surface area contributed by atoms with Gasteiger partial charge in [-0.05, 0) is 51.3 Å². The third-order valence-corrected chi connectivity index (χ3v) is 5.12. The number of halogens is 1. The fraction of sp³-hybridized carbons (Fsp3) is 0.800. The van der Waals surface area contributed by atoms with Gasteiger partial charge in [-0.3, -0.25) is 9.58 Å². The van der Waals surface area contributed by atoms with Gasteiger partial charge in [0.2, 0.25) is 0 Å². The molecular formula is C15H26BrN3. The molecule has 2 rings (SSSR count). The first-order chi connectivity index (χ1) is 9.10. The molecule has 0 saturated carbocycles. The van der Waals surface area contributed by atoms with Crippen LogP contribution in [0.2, 0.25) is 0 Å². The molecule has 4 heteroatoms. The van der Waals surface area contributed by atoms with Crippen molar-refractivity contribution in [3.8, 4) is 0 Å². The van der Waals surface area contributed by atoms with E-state index in [1.54, 1.807) is 0 Å². The number of rotatable bonds is 5. The van der Waals surface area contributed by atoms with Crippen LogP contribution < -0.4 is 0 Å². The van der Waals surface area contributed by atoms with Gasteiger partial charge in [-0.15, -0.1) is 0 Å². The molecular weight excluding hydrogens is 302 g/mol. The van der Waals surface area contributed by atoms with Crippen LogP contribution in [0.15, 0.2) is 12.3 Å². The minimum Gasteiger partial charge on any atom is -0.297 e. The van der Waals surface area contributed by atoms with Gasteiger partial charge in [0.05, 0.1) is 5.69 Å². The highest BCUT2D eigenvalue weighted by Gasteiger charge is 2.22. The van der Waals surface area contributed by atoms with E-state index in [4.69, 9.17) is 5.10 Å². The SMILES string of the molecule is CCC(C)n1ccc(CN2CCC(C(C)Br)CC2)n1. The highest BCUT2D eigenvalue weighted by Crippen LogP contribution is 2.25. The standard InChI is InChI=1S/C15H26BrN3/c1-4-12(2)19-10-7-15(17-19)11-18-8-5-14(6-9-18)13(3)16/h7,10,12-14H,4-6,8-9,11H2,1-3H3. The van der Waals surface area contributed by atoms with E-state index in [-0.39, 0.29) is 0 Å². The number of likely N-dealkylation sites (tertiary alicyclic amines) is 1. The zero-order valence-electron chi connectivity index (χ0n) is 12.3. The Bertz CT molecular complexity index is 380. The molecule has 1 fully saturated rings. The van der Waals surface area contributed by atoms with Crippen molar-refractivity contribution in [2.24, 2.45) is 5.92 Å². The highest BCUT2D eigenvalue weighted by atomic mass is 79.9. The van der Waals surface area contributed by atoms with Gasteiger partial charge in [0.15, 0.2) is 0 Å². The van der Waals surface area contributed by atoms with Gasteiger partial charge in [-0.1, -0.05) is 29.8 Å². The van der Waals surface area contributed by atoms with Crippen molar-refractivity contribution in [2.75, 3.05) is 13.1 Å². The first kappa shape index (κ1) is 15.0. The molecule has 0 bridgehead atoms. The lowest BCUT2D eigenvalue weighted by atomic mass is 9.94. The molecule has 0 spiro atoms. The van der Waals surface area contributed by atoms with Gasteiger partial charge in [0, 0.05) is 23.6 Å². The van der Waals surface area contributed by atoms with Crippen LogP contribution in [0, 0.1) is 5.92 Å². The maximum absolute atomic E-state index is 4.69. The van der Waals surface area contributed by atoms with Gasteiger partial charge in [-0.2, -0.15) is 5.10 Å². The summed E-state index contributed by atoms with van der Waals surface area (Å²) in [6.45, 7) is 10.1. The smallest absolute Gasteiger partial charge is 0.0764 e. The van der Waals surface area contributed by atoms with Crippen molar-refractivity contribution in [3.63, 3.8) is 0 Å². The number of aromatic nitrogens is 2. The Hall–Kier alpha value is -0.350. The van der Waals surface area contributed by atoms with E-state index < -0.39 is 0 Å². The fourth-order valence-electron chi connectivity index (χ4n) is 2.69. The molecule has 3 nitrogen and oxygen atoms in total. The Labute approximate surface area is 125 Å². The van der Waals surface area contributed by atoms with Crippen LogP contribution in [0.3, 0.4) is 0 Å². The topological polar surface area (TPSA) is 21.1 Å². The second kappa shape index (κ2) is 6.89. The fourth-order valence-corrected chi connectivity index (χ4v) is 3.22. The molecule has 2 unspecified atom stereocenters. The van der Waals surface area contributed by atoms with Gasteiger partial charge in [-0.25, -0.2) is 0 Å². The monoisotopic (exact) mass is 327 g/mol. The van der Waals surface area contributed by atoms with Crippen molar-refractivity contribution < 1.29 is 0 Å². The Morgan fingerprint density at radius 2 is 2.05 bits per heavy atom. The second-order valence-corrected chi connectivity index (χ2v) is 7.28. The number of alkyl halides is 1. The normalized spacial score (nSPS) is 21.5. The lowest BCUT2D eigenvalue weighted by Gasteiger charge is -2.32. The molecule has 0 amide bonds. The Morgan fingerprint density at radius 3 is 2.63 bits per heavy atom. The van der Waals surface area contributed by atoms with E-state index in [0.717, 1.165) is 18.9 Å². The summed E-state index contributed by atoms with van der Waals surface area (Å²) in [5.41, 5.74) is 1.21. The molecule has 1 aliphatic rings. The largest absolute Gasteiger partial charge is 0.297 e. The molecule has 0 N–H and O–H groups in total. The summed E-state index contributed by atoms with van der Waals surface area (Å²) in [6.07, 6.45) is 5.86. The van der Waals surface area contributed by atoms with E-state index in [1.165, 1.54) is 31.6 Å². The number of hydrogen-bond acceptors (Lipinski definition) is 2. The van der Waals surface area contributed by atoms with E-state index >= 15 is 0 Å². The van der Waals surface area contributed by atoms with Crippen molar-refractivity contribution in [1.82, 2.24) is 14.7 Å². The number of nitrogens with zero attached hydrogens (tertiary/aromatic N) is 3. The lowest BCUT2D eigenvalue weighted by molar-refractivity contribution is 0.176. The van der Waals surface area contributed by atoms with Crippen LogP contribution >= 0.6 is 15.9 Å². The van der Waals surface area contributed by atoms with E-state index in [1.807, 2.05) is 0 Å². The minimum atomic E-state index is 0.508. The van der Waals surface area contributed by atoms with E-state index in [2.05, 4.69) is 58.5 Å². The van der Waals surface area contributed by atoms with Crippen LogP contribution in [0.25, 0.3) is 0 Å². The maximum atomic E-state index is 4.69. The molecule has 108 valence electrons. The Balaban J connectivity index is 1.84. The van der Waals surface area contributed by atoms with Gasteiger partial charge >= 0.3 is 0 Å². The molecule has 19 heavy (non-hydrogen) atoms. The Morgan fingerprint density at radius 1 is 1.37 bits per heavy atom. The first-order valence-corrected chi connectivity index (χ1v) is 8.42. The van der Waals surface area contributed by atoms with Crippen molar-refractivity contribution in [3.05, 3.63) is 18.0 Å². The van der Waals surface area contributed by atoms with Gasteiger partial charge in [0.25, 0.3) is 0 Å².